The summed E-state index contributed by atoms with van der Waals surface area (Å²) in [5.74, 6) is -1.12. The fraction of sp³-hybridized carbons (Fsp3) is 0.526. The quantitative estimate of drug-likeness (QED) is 0.833. The highest BCUT2D eigenvalue weighted by atomic mass is 16.5. The second-order valence-electron chi connectivity index (χ2n) is 7.17. The zero-order valence-corrected chi connectivity index (χ0v) is 15.7. The van der Waals surface area contributed by atoms with Crippen LogP contribution < -0.4 is 4.74 Å². The van der Waals surface area contributed by atoms with Crippen LogP contribution in [0.15, 0.2) is 24.3 Å². The molecule has 2 amide bonds. The van der Waals surface area contributed by atoms with Crippen LogP contribution in [0.4, 0.5) is 0 Å². The number of likely N-dealkylation sites (tertiary alicyclic amines) is 1. The van der Waals surface area contributed by atoms with Crippen LogP contribution in [0.2, 0.25) is 0 Å². The van der Waals surface area contributed by atoms with E-state index in [4.69, 9.17) is 4.74 Å². The van der Waals surface area contributed by atoms with E-state index in [0.717, 1.165) is 0 Å². The highest BCUT2D eigenvalue weighted by Gasteiger charge is 2.48. The van der Waals surface area contributed by atoms with Crippen molar-refractivity contribution in [3.63, 3.8) is 0 Å². The Hall–Kier alpha value is -2.57. The van der Waals surface area contributed by atoms with E-state index < -0.39 is 11.4 Å². The van der Waals surface area contributed by atoms with Gasteiger partial charge in [-0.25, -0.2) is 0 Å². The van der Waals surface area contributed by atoms with E-state index >= 15 is 0 Å². The summed E-state index contributed by atoms with van der Waals surface area (Å²) in [5, 5.41) is 9.65. The Bertz CT molecular complexity index is 701. The van der Waals surface area contributed by atoms with Gasteiger partial charge in [-0.1, -0.05) is 26.0 Å². The third kappa shape index (κ3) is 3.81. The number of hydrogen-bond acceptors (Lipinski definition) is 4. The highest BCUT2D eigenvalue weighted by Crippen LogP contribution is 2.39. The molecule has 1 fully saturated rings. The molecule has 1 aliphatic heterocycles. The Morgan fingerprint density at radius 1 is 1.27 bits per heavy atom. The van der Waals surface area contributed by atoms with Crippen molar-refractivity contribution in [1.29, 1.82) is 0 Å². The number of carboxylic acids is 1. The summed E-state index contributed by atoms with van der Waals surface area (Å²) in [4.78, 5) is 39.4. The number of rotatable bonds is 6. The molecule has 0 bridgehead atoms. The summed E-state index contributed by atoms with van der Waals surface area (Å²) in [5.41, 5.74) is -0.587. The summed E-state index contributed by atoms with van der Waals surface area (Å²) < 4.78 is 5.53. The molecular formula is C19H26N2O5. The van der Waals surface area contributed by atoms with Gasteiger partial charge in [-0.15, -0.1) is 0 Å². The van der Waals surface area contributed by atoms with Gasteiger partial charge in [0.05, 0.1) is 11.0 Å². The number of aliphatic carboxylic acids is 1. The SMILES string of the molecule is CC(C)C1(C(=O)O)CCN(C(=O)c2ccccc2OCC(=O)N(C)C)C1. The second-order valence-corrected chi connectivity index (χ2v) is 7.17. The van der Waals surface area contributed by atoms with Crippen LogP contribution in [0.1, 0.15) is 30.6 Å². The van der Waals surface area contributed by atoms with Crippen molar-refractivity contribution in [2.45, 2.75) is 20.3 Å². The molecule has 1 heterocycles. The molecule has 142 valence electrons. The monoisotopic (exact) mass is 362 g/mol. The number of nitrogens with zero attached hydrogens (tertiary/aromatic N) is 2. The molecule has 0 aromatic heterocycles. The zero-order valence-electron chi connectivity index (χ0n) is 15.7. The fourth-order valence-corrected chi connectivity index (χ4v) is 3.11. The smallest absolute Gasteiger partial charge is 0.311 e. The third-order valence-corrected chi connectivity index (χ3v) is 5.09. The molecule has 1 atom stereocenters. The van der Waals surface area contributed by atoms with E-state index in [2.05, 4.69) is 0 Å². The molecule has 0 saturated carbocycles. The zero-order chi connectivity index (χ0) is 19.5. The largest absolute Gasteiger partial charge is 0.483 e. The molecular weight excluding hydrogens is 336 g/mol. The first kappa shape index (κ1) is 19.8. The number of benzene rings is 1. The number of likely N-dealkylation sites (N-methyl/N-ethyl adjacent to an activating group) is 1. The predicted molar refractivity (Wildman–Crippen MR) is 96.1 cm³/mol. The maximum absolute atomic E-state index is 12.9. The van der Waals surface area contributed by atoms with Gasteiger partial charge in [0.25, 0.3) is 11.8 Å². The number of carbonyl (C=O) groups is 3. The van der Waals surface area contributed by atoms with Crippen molar-refractivity contribution >= 4 is 17.8 Å². The van der Waals surface area contributed by atoms with Crippen molar-refractivity contribution in [3.05, 3.63) is 29.8 Å². The van der Waals surface area contributed by atoms with E-state index in [1.807, 2.05) is 13.8 Å². The molecule has 7 heteroatoms. The van der Waals surface area contributed by atoms with Crippen molar-refractivity contribution < 1.29 is 24.2 Å². The van der Waals surface area contributed by atoms with E-state index in [-0.39, 0.29) is 30.9 Å². The molecule has 7 nitrogen and oxygen atoms in total. The van der Waals surface area contributed by atoms with Crippen LogP contribution in [0.3, 0.4) is 0 Å². The Morgan fingerprint density at radius 2 is 1.92 bits per heavy atom. The first-order valence-corrected chi connectivity index (χ1v) is 8.63. The summed E-state index contributed by atoms with van der Waals surface area (Å²) >= 11 is 0. The maximum Gasteiger partial charge on any atom is 0.311 e. The van der Waals surface area contributed by atoms with Gasteiger partial charge < -0.3 is 19.6 Å². The normalized spacial score (nSPS) is 19.5. The molecule has 1 saturated heterocycles. The van der Waals surface area contributed by atoms with Crippen molar-refractivity contribution in [2.75, 3.05) is 33.8 Å². The molecule has 1 aromatic carbocycles. The van der Waals surface area contributed by atoms with Gasteiger partial charge in [0.15, 0.2) is 6.61 Å². The van der Waals surface area contributed by atoms with Crippen LogP contribution in [0, 0.1) is 11.3 Å². The van der Waals surface area contributed by atoms with Crippen molar-refractivity contribution in [2.24, 2.45) is 11.3 Å². The lowest BCUT2D eigenvalue weighted by Gasteiger charge is -2.28. The number of amides is 2. The molecule has 1 N–H and O–H groups in total. The van der Waals surface area contributed by atoms with E-state index in [0.29, 0.717) is 24.3 Å². The molecule has 0 aliphatic carbocycles. The van der Waals surface area contributed by atoms with E-state index in [9.17, 15) is 19.5 Å². The van der Waals surface area contributed by atoms with Gasteiger partial charge >= 0.3 is 5.97 Å². The van der Waals surface area contributed by atoms with Crippen LogP contribution in [-0.2, 0) is 9.59 Å². The topological polar surface area (TPSA) is 87.1 Å². The Labute approximate surface area is 153 Å². The predicted octanol–water partition coefficient (Wildman–Crippen LogP) is 1.73. The lowest BCUT2D eigenvalue weighted by Crippen LogP contribution is -2.40. The van der Waals surface area contributed by atoms with Gasteiger partial charge in [-0.05, 0) is 24.5 Å². The molecule has 2 rings (SSSR count). The van der Waals surface area contributed by atoms with Gasteiger partial charge in [0.1, 0.15) is 5.75 Å². The molecule has 1 aliphatic rings. The summed E-state index contributed by atoms with van der Waals surface area (Å²) in [7, 11) is 3.26. The molecule has 26 heavy (non-hydrogen) atoms. The highest BCUT2D eigenvalue weighted by molar-refractivity contribution is 5.97. The van der Waals surface area contributed by atoms with Crippen LogP contribution in [-0.4, -0.2) is 66.5 Å². The van der Waals surface area contributed by atoms with Crippen LogP contribution in [0.25, 0.3) is 0 Å². The average molecular weight is 362 g/mol. The van der Waals surface area contributed by atoms with Crippen molar-refractivity contribution in [1.82, 2.24) is 9.80 Å². The van der Waals surface area contributed by atoms with Gasteiger partial charge in [-0.3, -0.25) is 14.4 Å². The van der Waals surface area contributed by atoms with Crippen LogP contribution in [0.5, 0.6) is 5.75 Å². The number of para-hydroxylation sites is 1. The average Bonchev–Trinajstić information content (AvgIpc) is 3.06. The lowest BCUT2D eigenvalue weighted by atomic mass is 9.76. The minimum Gasteiger partial charge on any atom is -0.483 e. The Morgan fingerprint density at radius 3 is 2.46 bits per heavy atom. The molecule has 0 radical (unpaired) electrons. The first-order valence-electron chi connectivity index (χ1n) is 8.63. The Kier molecular flexibility index (Phi) is 5.90. The molecule has 1 aromatic rings. The number of carboxylic acid groups (broad SMARTS) is 1. The van der Waals surface area contributed by atoms with Crippen LogP contribution >= 0.6 is 0 Å². The van der Waals surface area contributed by atoms with Gasteiger partial charge in [0.2, 0.25) is 0 Å². The maximum atomic E-state index is 12.9. The lowest BCUT2D eigenvalue weighted by molar-refractivity contribution is -0.150. The number of hydrogen-bond donors (Lipinski definition) is 1. The summed E-state index contributed by atoms with van der Waals surface area (Å²) in [6.07, 6.45) is 0.424. The summed E-state index contributed by atoms with van der Waals surface area (Å²) in [6, 6.07) is 6.72. The molecule has 1 unspecified atom stereocenters. The first-order chi connectivity index (χ1) is 12.2. The third-order valence-electron chi connectivity index (χ3n) is 5.09. The van der Waals surface area contributed by atoms with Gasteiger partial charge in [-0.2, -0.15) is 0 Å². The number of carbonyl (C=O) groups excluding carboxylic acids is 2. The minimum atomic E-state index is -0.924. The summed E-state index contributed by atoms with van der Waals surface area (Å²) in [6.45, 7) is 4.12. The van der Waals surface area contributed by atoms with Crippen molar-refractivity contribution in [3.8, 4) is 5.75 Å². The second kappa shape index (κ2) is 7.76. The van der Waals surface area contributed by atoms with Gasteiger partial charge in [0, 0.05) is 27.2 Å². The Balaban J connectivity index is 2.18. The molecule has 0 spiro atoms. The number of ether oxygens (including phenoxy) is 1. The fourth-order valence-electron chi connectivity index (χ4n) is 3.11. The standard InChI is InChI=1S/C19H26N2O5/c1-13(2)19(18(24)25)9-10-21(12-19)17(23)14-7-5-6-8-15(14)26-11-16(22)20(3)4/h5-8,13H,9-12H2,1-4H3,(H,24,25). The van der Waals surface area contributed by atoms with E-state index in [1.54, 1.807) is 43.3 Å². The van der Waals surface area contributed by atoms with E-state index in [1.165, 1.54) is 4.90 Å². The minimum absolute atomic E-state index is 0.0815.